The van der Waals surface area contributed by atoms with Crippen molar-refractivity contribution in [1.82, 2.24) is 14.8 Å². The number of piperazine rings is 1. The minimum absolute atomic E-state index is 0.354. The molecule has 19 heavy (non-hydrogen) atoms. The fraction of sp³-hybridized carbons (Fsp3) is 0.667. The Balaban J connectivity index is 1.70. The Bertz CT molecular complexity index is 394. The van der Waals surface area contributed by atoms with E-state index in [4.69, 9.17) is 5.73 Å². The van der Waals surface area contributed by atoms with Crippen LogP contribution < -0.4 is 5.73 Å². The molecule has 4 heteroatoms. The first kappa shape index (κ1) is 13.0. The largest absolute Gasteiger partial charge is 0.329 e. The topological polar surface area (TPSA) is 45.4 Å². The van der Waals surface area contributed by atoms with E-state index in [9.17, 15) is 0 Å². The van der Waals surface area contributed by atoms with Gasteiger partial charge in [0.2, 0.25) is 0 Å². The number of hydrogen-bond donors (Lipinski definition) is 1. The molecule has 104 valence electrons. The van der Waals surface area contributed by atoms with E-state index >= 15 is 0 Å². The maximum absolute atomic E-state index is 6.03. The Kier molecular flexibility index (Phi) is 4.11. The average molecular weight is 260 g/mol. The summed E-state index contributed by atoms with van der Waals surface area (Å²) >= 11 is 0. The van der Waals surface area contributed by atoms with Gasteiger partial charge in [-0.25, -0.2) is 0 Å². The van der Waals surface area contributed by atoms with Gasteiger partial charge in [0, 0.05) is 50.7 Å². The molecule has 2 fully saturated rings. The number of hydrogen-bond acceptors (Lipinski definition) is 4. The highest BCUT2D eigenvalue weighted by Gasteiger charge is 2.32. The molecule has 0 amide bonds. The monoisotopic (exact) mass is 260 g/mol. The lowest BCUT2D eigenvalue weighted by Crippen LogP contribution is -2.56. The molecule has 0 spiro atoms. The Morgan fingerprint density at radius 3 is 2.84 bits per heavy atom. The van der Waals surface area contributed by atoms with Crippen LogP contribution in [0.3, 0.4) is 0 Å². The van der Waals surface area contributed by atoms with Crippen molar-refractivity contribution >= 4 is 0 Å². The van der Waals surface area contributed by atoms with Crippen molar-refractivity contribution in [2.24, 2.45) is 5.73 Å². The van der Waals surface area contributed by atoms with Gasteiger partial charge in [-0.05, 0) is 37.1 Å². The minimum atomic E-state index is 0.354. The van der Waals surface area contributed by atoms with E-state index in [1.165, 1.54) is 44.5 Å². The standard InChI is InChI=1S/C15H24N4/c16-11-15(13-4-6-17-7-5-13)19-10-9-18-8-2-1-3-14(18)12-19/h4-7,14-15H,1-3,8-12,16H2. The third-order valence-corrected chi connectivity index (χ3v) is 4.62. The summed E-state index contributed by atoms with van der Waals surface area (Å²) in [6, 6.07) is 5.31. The van der Waals surface area contributed by atoms with E-state index in [2.05, 4.69) is 26.9 Å². The molecule has 0 aromatic carbocycles. The highest BCUT2D eigenvalue weighted by atomic mass is 15.3. The van der Waals surface area contributed by atoms with Gasteiger partial charge in [-0.15, -0.1) is 0 Å². The van der Waals surface area contributed by atoms with Gasteiger partial charge >= 0.3 is 0 Å². The number of nitrogens with zero attached hydrogens (tertiary/aromatic N) is 3. The lowest BCUT2D eigenvalue weighted by atomic mass is 9.97. The number of aromatic nitrogens is 1. The molecule has 2 saturated heterocycles. The molecule has 0 bridgehead atoms. The molecule has 0 aliphatic carbocycles. The van der Waals surface area contributed by atoms with Crippen LogP contribution in [0.2, 0.25) is 0 Å². The smallest absolute Gasteiger partial charge is 0.0472 e. The normalized spacial score (nSPS) is 26.9. The second-order valence-corrected chi connectivity index (χ2v) is 5.71. The van der Waals surface area contributed by atoms with E-state index in [0.29, 0.717) is 12.6 Å². The molecule has 3 heterocycles. The van der Waals surface area contributed by atoms with Crippen LogP contribution in [0.4, 0.5) is 0 Å². The summed E-state index contributed by atoms with van der Waals surface area (Å²) in [5.74, 6) is 0. The molecular formula is C15H24N4. The van der Waals surface area contributed by atoms with Crippen LogP contribution in [0, 0.1) is 0 Å². The minimum Gasteiger partial charge on any atom is -0.329 e. The molecule has 1 aromatic rings. The van der Waals surface area contributed by atoms with Crippen molar-refractivity contribution in [2.45, 2.75) is 31.3 Å². The number of piperidine rings is 1. The Hall–Kier alpha value is -0.970. The summed E-state index contributed by atoms with van der Waals surface area (Å²) in [5.41, 5.74) is 7.34. The van der Waals surface area contributed by atoms with Gasteiger partial charge in [0.15, 0.2) is 0 Å². The van der Waals surface area contributed by atoms with E-state index < -0.39 is 0 Å². The van der Waals surface area contributed by atoms with Crippen molar-refractivity contribution in [1.29, 1.82) is 0 Å². The lowest BCUT2D eigenvalue weighted by Gasteiger charge is -2.46. The van der Waals surface area contributed by atoms with Crippen molar-refractivity contribution in [3.8, 4) is 0 Å². The van der Waals surface area contributed by atoms with Gasteiger partial charge in [0.1, 0.15) is 0 Å². The van der Waals surface area contributed by atoms with Crippen LogP contribution in [0.5, 0.6) is 0 Å². The third kappa shape index (κ3) is 2.81. The molecule has 2 atom stereocenters. The van der Waals surface area contributed by atoms with Crippen LogP contribution in [0.15, 0.2) is 24.5 Å². The number of pyridine rings is 1. The zero-order valence-corrected chi connectivity index (χ0v) is 11.5. The maximum Gasteiger partial charge on any atom is 0.0472 e. The van der Waals surface area contributed by atoms with Crippen LogP contribution in [-0.4, -0.2) is 53.5 Å². The predicted molar refractivity (Wildman–Crippen MR) is 76.8 cm³/mol. The summed E-state index contributed by atoms with van der Waals surface area (Å²) in [4.78, 5) is 9.34. The molecule has 2 N–H and O–H groups in total. The van der Waals surface area contributed by atoms with E-state index in [-0.39, 0.29) is 0 Å². The van der Waals surface area contributed by atoms with E-state index in [1.807, 2.05) is 12.4 Å². The quantitative estimate of drug-likeness (QED) is 0.888. The number of rotatable bonds is 3. The zero-order chi connectivity index (χ0) is 13.1. The Morgan fingerprint density at radius 1 is 1.21 bits per heavy atom. The SMILES string of the molecule is NCC(c1ccncc1)N1CCN2CCCCC2C1. The highest BCUT2D eigenvalue weighted by Crippen LogP contribution is 2.26. The maximum atomic E-state index is 6.03. The highest BCUT2D eigenvalue weighted by molar-refractivity contribution is 5.16. The lowest BCUT2D eigenvalue weighted by molar-refractivity contribution is 0.0286. The molecule has 2 unspecified atom stereocenters. The Labute approximate surface area is 115 Å². The zero-order valence-electron chi connectivity index (χ0n) is 11.5. The van der Waals surface area contributed by atoms with Gasteiger partial charge < -0.3 is 5.73 Å². The van der Waals surface area contributed by atoms with Gasteiger partial charge in [0.25, 0.3) is 0 Å². The van der Waals surface area contributed by atoms with Crippen LogP contribution in [0.1, 0.15) is 30.9 Å². The van der Waals surface area contributed by atoms with E-state index in [0.717, 1.165) is 12.6 Å². The fourth-order valence-corrected chi connectivity index (χ4v) is 3.54. The molecule has 0 saturated carbocycles. The molecular weight excluding hydrogens is 236 g/mol. The van der Waals surface area contributed by atoms with E-state index in [1.54, 1.807) is 0 Å². The third-order valence-electron chi connectivity index (χ3n) is 4.62. The molecule has 3 rings (SSSR count). The second-order valence-electron chi connectivity index (χ2n) is 5.71. The fourth-order valence-electron chi connectivity index (χ4n) is 3.54. The van der Waals surface area contributed by atoms with Crippen molar-refractivity contribution in [2.75, 3.05) is 32.7 Å². The van der Waals surface area contributed by atoms with Gasteiger partial charge in [-0.3, -0.25) is 14.8 Å². The molecule has 4 nitrogen and oxygen atoms in total. The first-order valence-electron chi connectivity index (χ1n) is 7.46. The van der Waals surface area contributed by atoms with Crippen LogP contribution in [0.25, 0.3) is 0 Å². The molecule has 1 aromatic heterocycles. The number of nitrogens with two attached hydrogens (primary N) is 1. The Morgan fingerprint density at radius 2 is 2.05 bits per heavy atom. The van der Waals surface area contributed by atoms with Crippen molar-refractivity contribution in [3.63, 3.8) is 0 Å². The molecule has 2 aliphatic heterocycles. The first-order valence-corrected chi connectivity index (χ1v) is 7.46. The summed E-state index contributed by atoms with van der Waals surface area (Å²) in [6.45, 7) is 5.49. The van der Waals surface area contributed by atoms with Crippen LogP contribution in [-0.2, 0) is 0 Å². The van der Waals surface area contributed by atoms with Crippen LogP contribution >= 0.6 is 0 Å². The molecule has 2 aliphatic rings. The van der Waals surface area contributed by atoms with Gasteiger partial charge in [-0.2, -0.15) is 0 Å². The van der Waals surface area contributed by atoms with Crippen molar-refractivity contribution in [3.05, 3.63) is 30.1 Å². The van der Waals surface area contributed by atoms with Crippen molar-refractivity contribution < 1.29 is 0 Å². The predicted octanol–water partition coefficient (Wildman–Crippen LogP) is 1.25. The molecule has 0 radical (unpaired) electrons. The summed E-state index contributed by atoms with van der Waals surface area (Å²) < 4.78 is 0. The van der Waals surface area contributed by atoms with Gasteiger partial charge in [0.05, 0.1) is 0 Å². The average Bonchev–Trinajstić information content (AvgIpc) is 2.49. The summed E-state index contributed by atoms with van der Waals surface area (Å²) in [5, 5.41) is 0. The van der Waals surface area contributed by atoms with Gasteiger partial charge in [-0.1, -0.05) is 6.42 Å². The second kappa shape index (κ2) is 5.99. The summed E-state index contributed by atoms with van der Waals surface area (Å²) in [7, 11) is 0. The summed E-state index contributed by atoms with van der Waals surface area (Å²) in [6.07, 6.45) is 7.85. The number of fused-ring (bicyclic) bond motifs is 1. The first-order chi connectivity index (χ1) is 9.38.